The topological polar surface area (TPSA) is 89.9 Å². The predicted molar refractivity (Wildman–Crippen MR) is 112 cm³/mol. The van der Waals surface area contributed by atoms with Crippen molar-refractivity contribution in [3.05, 3.63) is 11.6 Å². The van der Waals surface area contributed by atoms with Gasteiger partial charge in [0.25, 0.3) is 0 Å². The Bertz CT molecular complexity index is 892. The maximum atomic E-state index is 13.1. The van der Waals surface area contributed by atoms with Crippen molar-refractivity contribution in [3.8, 4) is 0 Å². The number of rotatable bonds is 1. The lowest BCUT2D eigenvalue weighted by Crippen LogP contribution is -2.67. The van der Waals surface area contributed by atoms with Gasteiger partial charge < -0.3 is 14.6 Å². The smallest absolute Gasteiger partial charge is 0.309 e. The van der Waals surface area contributed by atoms with Gasteiger partial charge in [-0.25, -0.2) is 0 Å². The first kappa shape index (κ1) is 21.2. The van der Waals surface area contributed by atoms with Crippen LogP contribution in [0.4, 0.5) is 0 Å². The van der Waals surface area contributed by atoms with Crippen LogP contribution in [0, 0.1) is 34.0 Å². The number of fused-ring (bicyclic) bond motifs is 6. The van der Waals surface area contributed by atoms with E-state index in [2.05, 4.69) is 20.8 Å². The molecule has 0 amide bonds. The molecular formula is C25H34O6. The zero-order valence-electron chi connectivity index (χ0n) is 19.0. The summed E-state index contributed by atoms with van der Waals surface area (Å²) in [4.78, 5) is 37.5. The molecule has 1 N–H and O–H groups in total. The summed E-state index contributed by atoms with van der Waals surface area (Å²) in [7, 11) is 1.42. The fourth-order valence-corrected chi connectivity index (χ4v) is 8.74. The van der Waals surface area contributed by atoms with Crippen molar-refractivity contribution in [2.24, 2.45) is 34.0 Å². The van der Waals surface area contributed by atoms with Crippen LogP contribution in [0.25, 0.3) is 0 Å². The van der Waals surface area contributed by atoms with Crippen molar-refractivity contribution in [3.63, 3.8) is 0 Å². The average molecular weight is 431 g/mol. The second-order valence-electron chi connectivity index (χ2n) is 11.4. The Balaban J connectivity index is 1.67. The third kappa shape index (κ3) is 2.40. The summed E-state index contributed by atoms with van der Waals surface area (Å²) in [5, 5.41) is 11.8. The molecule has 4 fully saturated rings. The van der Waals surface area contributed by atoms with E-state index in [1.54, 1.807) is 6.08 Å². The zero-order chi connectivity index (χ0) is 22.4. The Kier molecular flexibility index (Phi) is 4.39. The van der Waals surface area contributed by atoms with Gasteiger partial charge >= 0.3 is 11.9 Å². The normalized spacial score (nSPS) is 50.9. The van der Waals surface area contributed by atoms with Crippen molar-refractivity contribution >= 4 is 17.7 Å². The number of ether oxygens (including phenoxy) is 2. The molecule has 0 radical (unpaired) electrons. The molecule has 2 unspecified atom stereocenters. The molecule has 0 aromatic heterocycles. The molecule has 1 aliphatic heterocycles. The quantitative estimate of drug-likeness (QED) is 0.642. The van der Waals surface area contributed by atoms with Crippen LogP contribution in [-0.2, 0) is 23.9 Å². The highest BCUT2D eigenvalue weighted by Gasteiger charge is 2.74. The number of aliphatic hydroxyl groups excluding tert-OH is 1. The van der Waals surface area contributed by atoms with E-state index in [1.165, 1.54) is 7.11 Å². The van der Waals surface area contributed by atoms with Crippen LogP contribution in [0.5, 0.6) is 0 Å². The summed E-state index contributed by atoms with van der Waals surface area (Å²) in [6.45, 7) is 6.47. The number of esters is 2. The number of allylic oxidation sites excluding steroid dienone is 1. The first-order valence-electron chi connectivity index (χ1n) is 11.7. The molecule has 1 heterocycles. The second-order valence-corrected chi connectivity index (χ2v) is 11.4. The van der Waals surface area contributed by atoms with Gasteiger partial charge in [0, 0.05) is 23.7 Å². The maximum Gasteiger partial charge on any atom is 0.309 e. The van der Waals surface area contributed by atoms with Gasteiger partial charge in [-0.3, -0.25) is 14.4 Å². The van der Waals surface area contributed by atoms with E-state index in [-0.39, 0.29) is 40.4 Å². The van der Waals surface area contributed by atoms with Gasteiger partial charge in [0.1, 0.15) is 5.60 Å². The van der Waals surface area contributed by atoms with Gasteiger partial charge in [0.05, 0.1) is 19.1 Å². The molecular weight excluding hydrogens is 396 g/mol. The molecule has 0 bridgehead atoms. The molecule has 5 rings (SSSR count). The molecule has 6 nitrogen and oxygen atoms in total. The molecule has 8 atom stereocenters. The van der Waals surface area contributed by atoms with Crippen molar-refractivity contribution in [2.75, 3.05) is 7.11 Å². The van der Waals surface area contributed by atoms with Gasteiger partial charge in [-0.05, 0) is 61.9 Å². The largest absolute Gasteiger partial charge is 0.469 e. The maximum absolute atomic E-state index is 13.1. The lowest BCUT2D eigenvalue weighted by atomic mass is 9.37. The van der Waals surface area contributed by atoms with Crippen LogP contribution in [0.15, 0.2) is 11.6 Å². The average Bonchev–Trinajstić information content (AvgIpc) is 3.23. The highest BCUT2D eigenvalue weighted by atomic mass is 16.6. The van der Waals surface area contributed by atoms with Gasteiger partial charge in [-0.1, -0.05) is 26.3 Å². The van der Waals surface area contributed by atoms with E-state index in [4.69, 9.17) is 9.47 Å². The van der Waals surface area contributed by atoms with Crippen LogP contribution >= 0.6 is 0 Å². The number of aliphatic hydroxyl groups is 1. The summed E-state index contributed by atoms with van der Waals surface area (Å²) in [5.74, 6) is -0.675. The Morgan fingerprint density at radius 2 is 1.90 bits per heavy atom. The number of hydrogen-bond donors (Lipinski definition) is 1. The summed E-state index contributed by atoms with van der Waals surface area (Å²) < 4.78 is 11.2. The fraction of sp³-hybridized carbons (Fsp3) is 0.800. The van der Waals surface area contributed by atoms with E-state index in [0.29, 0.717) is 38.5 Å². The van der Waals surface area contributed by atoms with Crippen molar-refractivity contribution < 1.29 is 29.0 Å². The van der Waals surface area contributed by atoms with Gasteiger partial charge in [0.15, 0.2) is 5.78 Å². The highest BCUT2D eigenvalue weighted by molar-refractivity contribution is 5.92. The summed E-state index contributed by atoms with van der Waals surface area (Å²) >= 11 is 0. The number of methoxy groups -OCH3 is 1. The molecule has 1 saturated heterocycles. The Morgan fingerprint density at radius 1 is 1.16 bits per heavy atom. The molecule has 0 aromatic rings. The lowest BCUT2D eigenvalue weighted by molar-refractivity contribution is -0.231. The van der Waals surface area contributed by atoms with E-state index < -0.39 is 23.0 Å². The standard InChI is InChI=1S/C25H34O6/c1-22-8-5-15(26)11-14(22)12-16(21(29)30-4)20-17-6-9-25(10-7-19(28)31-25)23(17,2)13-18(27)24(20,22)3/h11,16-18,20,27H,5-10,12-13H2,1-4H3/t16-,17?,18-,20?,22+,23+,24+,25-/m1/s1. The SMILES string of the molecule is COC(=O)[C@@H]1CC2=CC(=O)CC[C@]2(C)[C@]2(C)C1C1CC[C@@]3(CCC(=O)O3)[C@@]1(C)C[C@H]2O. The van der Waals surface area contributed by atoms with Crippen LogP contribution in [0.1, 0.15) is 72.1 Å². The summed E-state index contributed by atoms with van der Waals surface area (Å²) in [6, 6.07) is 0. The molecule has 31 heavy (non-hydrogen) atoms. The zero-order valence-corrected chi connectivity index (χ0v) is 19.0. The third-order valence-electron chi connectivity index (χ3n) is 10.7. The van der Waals surface area contributed by atoms with E-state index in [0.717, 1.165) is 18.4 Å². The van der Waals surface area contributed by atoms with Crippen LogP contribution in [-0.4, -0.2) is 41.6 Å². The van der Waals surface area contributed by atoms with Crippen LogP contribution in [0.2, 0.25) is 0 Å². The summed E-state index contributed by atoms with van der Waals surface area (Å²) in [6.07, 6.45) is 6.05. The minimum atomic E-state index is -0.665. The number of hydrogen-bond acceptors (Lipinski definition) is 6. The summed E-state index contributed by atoms with van der Waals surface area (Å²) in [5.41, 5.74) is -0.844. The molecule has 4 aliphatic carbocycles. The van der Waals surface area contributed by atoms with Gasteiger partial charge in [0.2, 0.25) is 0 Å². The Morgan fingerprint density at radius 3 is 2.55 bits per heavy atom. The first-order chi connectivity index (χ1) is 14.5. The number of ketones is 1. The van der Waals surface area contributed by atoms with Crippen molar-refractivity contribution in [2.45, 2.75) is 83.8 Å². The lowest BCUT2D eigenvalue weighted by Gasteiger charge is -2.67. The molecule has 170 valence electrons. The van der Waals surface area contributed by atoms with E-state index in [9.17, 15) is 19.5 Å². The van der Waals surface area contributed by atoms with E-state index in [1.807, 2.05) is 0 Å². The van der Waals surface area contributed by atoms with Crippen LogP contribution < -0.4 is 0 Å². The molecule has 1 spiro atoms. The highest BCUT2D eigenvalue weighted by Crippen LogP contribution is 2.74. The van der Waals surface area contributed by atoms with Crippen molar-refractivity contribution in [1.82, 2.24) is 0 Å². The molecule has 3 saturated carbocycles. The molecule has 6 heteroatoms. The molecule has 5 aliphatic rings. The Labute approximate surface area is 183 Å². The fourth-order valence-electron chi connectivity index (χ4n) is 8.74. The minimum absolute atomic E-state index is 0.0947. The van der Waals surface area contributed by atoms with Crippen molar-refractivity contribution in [1.29, 1.82) is 0 Å². The molecule has 0 aromatic carbocycles. The predicted octanol–water partition coefficient (Wildman–Crippen LogP) is 3.35. The van der Waals surface area contributed by atoms with Gasteiger partial charge in [-0.15, -0.1) is 0 Å². The van der Waals surface area contributed by atoms with Gasteiger partial charge in [-0.2, -0.15) is 0 Å². The third-order valence-corrected chi connectivity index (χ3v) is 10.7. The number of carbonyl (C=O) groups is 3. The van der Waals surface area contributed by atoms with E-state index >= 15 is 0 Å². The number of carbonyl (C=O) groups excluding carboxylic acids is 3. The second kappa shape index (κ2) is 6.43. The monoisotopic (exact) mass is 430 g/mol. The Hall–Kier alpha value is -1.69. The van der Waals surface area contributed by atoms with Crippen LogP contribution in [0.3, 0.4) is 0 Å². The minimum Gasteiger partial charge on any atom is -0.469 e. The first-order valence-corrected chi connectivity index (χ1v) is 11.7.